The molecule has 2 aromatic heterocycles. The van der Waals surface area contributed by atoms with Gasteiger partial charge in [0.2, 0.25) is 0 Å². The molecule has 0 aliphatic heterocycles. The van der Waals surface area contributed by atoms with Crippen molar-refractivity contribution in [2.24, 2.45) is 0 Å². The summed E-state index contributed by atoms with van der Waals surface area (Å²) in [5.41, 5.74) is 1.29. The number of amides is 1. The Bertz CT molecular complexity index is 633. The molecule has 2 N–H and O–H groups in total. The zero-order chi connectivity index (χ0) is 17.5. The number of pyridine rings is 1. The van der Waals surface area contributed by atoms with E-state index in [1.165, 1.54) is 11.3 Å². The molecule has 0 aliphatic rings. The van der Waals surface area contributed by atoms with Crippen molar-refractivity contribution in [2.75, 3.05) is 18.4 Å². The zero-order valence-electron chi connectivity index (χ0n) is 14.6. The second kappa shape index (κ2) is 8.75. The van der Waals surface area contributed by atoms with Gasteiger partial charge in [0.15, 0.2) is 5.13 Å². The first kappa shape index (κ1) is 18.4. The van der Waals surface area contributed by atoms with Gasteiger partial charge in [0, 0.05) is 36.8 Å². The minimum atomic E-state index is -0.141. The Labute approximate surface area is 147 Å². The molecule has 0 radical (unpaired) electrons. The van der Waals surface area contributed by atoms with Crippen LogP contribution in [0.25, 0.3) is 0 Å². The van der Waals surface area contributed by atoms with E-state index in [0.29, 0.717) is 29.5 Å². The first-order chi connectivity index (χ1) is 11.5. The van der Waals surface area contributed by atoms with Crippen LogP contribution in [0.1, 0.15) is 38.2 Å². The van der Waals surface area contributed by atoms with E-state index in [2.05, 4.69) is 53.2 Å². The molecule has 0 aromatic carbocycles. The topological polar surface area (TPSA) is 70.2 Å². The summed E-state index contributed by atoms with van der Waals surface area (Å²) >= 11 is 1.40. The molecule has 0 saturated carbocycles. The number of thiazole rings is 1. The molecule has 0 aliphatic carbocycles. The Hall–Kier alpha value is -1.99. The van der Waals surface area contributed by atoms with E-state index in [0.717, 1.165) is 12.2 Å². The van der Waals surface area contributed by atoms with Crippen molar-refractivity contribution in [3.8, 4) is 0 Å². The second-order valence-corrected chi connectivity index (χ2v) is 6.94. The van der Waals surface area contributed by atoms with Crippen molar-refractivity contribution in [2.45, 2.75) is 39.8 Å². The molecule has 0 spiro atoms. The van der Waals surface area contributed by atoms with Gasteiger partial charge < -0.3 is 10.6 Å². The van der Waals surface area contributed by atoms with Crippen LogP contribution in [0.2, 0.25) is 0 Å². The van der Waals surface area contributed by atoms with Gasteiger partial charge in [-0.25, -0.2) is 4.98 Å². The van der Waals surface area contributed by atoms with Gasteiger partial charge in [-0.05, 0) is 39.8 Å². The lowest BCUT2D eigenvalue weighted by molar-refractivity contribution is 0.0935. The monoisotopic (exact) mass is 347 g/mol. The van der Waals surface area contributed by atoms with Crippen molar-refractivity contribution in [1.29, 1.82) is 0 Å². The van der Waals surface area contributed by atoms with Gasteiger partial charge in [-0.1, -0.05) is 0 Å². The SMILES string of the molecule is CC(C)N(CCNC(=O)c1csc(Nc2cccnc2)n1)C(C)C. The van der Waals surface area contributed by atoms with Gasteiger partial charge in [-0.3, -0.25) is 14.7 Å². The van der Waals surface area contributed by atoms with Crippen molar-refractivity contribution in [1.82, 2.24) is 20.2 Å². The highest BCUT2D eigenvalue weighted by atomic mass is 32.1. The standard InChI is InChI=1S/C17H25N5OS/c1-12(2)22(13(3)4)9-8-19-16(23)15-11-24-17(21-15)20-14-6-5-7-18-10-14/h5-7,10-13H,8-9H2,1-4H3,(H,19,23)(H,20,21). The molecule has 0 bridgehead atoms. The lowest BCUT2D eigenvalue weighted by atomic mass is 10.2. The van der Waals surface area contributed by atoms with Crippen LogP contribution in [0.4, 0.5) is 10.8 Å². The molecular formula is C17H25N5OS. The van der Waals surface area contributed by atoms with Gasteiger partial charge in [0.05, 0.1) is 11.9 Å². The minimum Gasteiger partial charge on any atom is -0.349 e. The first-order valence-corrected chi connectivity index (χ1v) is 9.02. The Kier molecular flexibility index (Phi) is 6.69. The second-order valence-electron chi connectivity index (χ2n) is 6.09. The van der Waals surface area contributed by atoms with Crippen LogP contribution in [0.15, 0.2) is 29.9 Å². The summed E-state index contributed by atoms with van der Waals surface area (Å²) in [6.07, 6.45) is 3.43. The van der Waals surface area contributed by atoms with Gasteiger partial charge >= 0.3 is 0 Å². The van der Waals surface area contributed by atoms with Gasteiger partial charge in [0.25, 0.3) is 5.91 Å². The van der Waals surface area contributed by atoms with Crippen LogP contribution in [-0.4, -0.2) is 45.9 Å². The van der Waals surface area contributed by atoms with E-state index in [4.69, 9.17) is 0 Å². The fourth-order valence-electron chi connectivity index (χ4n) is 2.50. The number of hydrogen-bond donors (Lipinski definition) is 2. The van der Waals surface area contributed by atoms with E-state index in [9.17, 15) is 4.79 Å². The molecule has 2 heterocycles. The summed E-state index contributed by atoms with van der Waals surface area (Å²) in [6.45, 7) is 10.1. The van der Waals surface area contributed by atoms with Crippen molar-refractivity contribution >= 4 is 28.1 Å². The van der Waals surface area contributed by atoms with Crippen LogP contribution in [0.5, 0.6) is 0 Å². The maximum Gasteiger partial charge on any atom is 0.270 e. The number of carbonyl (C=O) groups is 1. The van der Waals surface area contributed by atoms with Crippen LogP contribution >= 0.6 is 11.3 Å². The predicted octanol–water partition coefficient (Wildman–Crippen LogP) is 3.13. The highest BCUT2D eigenvalue weighted by Gasteiger charge is 2.14. The molecular weight excluding hydrogens is 322 g/mol. The summed E-state index contributed by atoms with van der Waals surface area (Å²) in [7, 11) is 0. The Morgan fingerprint density at radius 3 is 2.67 bits per heavy atom. The summed E-state index contributed by atoms with van der Waals surface area (Å²) in [4.78, 5) is 22.9. The number of anilines is 2. The molecule has 0 unspecified atom stereocenters. The molecule has 1 amide bonds. The number of aromatic nitrogens is 2. The van der Waals surface area contributed by atoms with Crippen molar-refractivity contribution in [3.63, 3.8) is 0 Å². The fraction of sp³-hybridized carbons (Fsp3) is 0.471. The third kappa shape index (κ3) is 5.28. The number of carbonyl (C=O) groups excluding carboxylic acids is 1. The lowest BCUT2D eigenvalue weighted by Gasteiger charge is -2.30. The van der Waals surface area contributed by atoms with Crippen LogP contribution in [-0.2, 0) is 0 Å². The molecule has 0 atom stereocenters. The number of hydrogen-bond acceptors (Lipinski definition) is 6. The lowest BCUT2D eigenvalue weighted by Crippen LogP contribution is -2.42. The van der Waals surface area contributed by atoms with Crippen molar-refractivity contribution < 1.29 is 4.79 Å². The fourth-order valence-corrected chi connectivity index (χ4v) is 3.21. The summed E-state index contributed by atoms with van der Waals surface area (Å²) in [6, 6.07) is 4.66. The quantitative estimate of drug-likeness (QED) is 0.768. The zero-order valence-corrected chi connectivity index (χ0v) is 15.4. The molecule has 130 valence electrons. The Balaban J connectivity index is 1.85. The predicted molar refractivity (Wildman–Crippen MR) is 98.9 cm³/mol. The van der Waals surface area contributed by atoms with Crippen LogP contribution in [0, 0.1) is 0 Å². The van der Waals surface area contributed by atoms with Crippen molar-refractivity contribution in [3.05, 3.63) is 35.6 Å². The maximum absolute atomic E-state index is 12.2. The van der Waals surface area contributed by atoms with E-state index in [1.807, 2.05) is 12.1 Å². The molecule has 6 nitrogen and oxygen atoms in total. The van der Waals surface area contributed by atoms with Crippen LogP contribution < -0.4 is 10.6 Å². The minimum absolute atomic E-state index is 0.141. The third-order valence-corrected chi connectivity index (χ3v) is 4.39. The van der Waals surface area contributed by atoms with Gasteiger partial charge in [0.1, 0.15) is 5.69 Å². The Morgan fingerprint density at radius 2 is 2.04 bits per heavy atom. The van der Waals surface area contributed by atoms with Gasteiger partial charge in [-0.15, -0.1) is 11.3 Å². The largest absolute Gasteiger partial charge is 0.349 e. The first-order valence-electron chi connectivity index (χ1n) is 8.14. The average Bonchev–Trinajstić information content (AvgIpc) is 3.00. The van der Waals surface area contributed by atoms with E-state index in [-0.39, 0.29) is 5.91 Å². The number of nitrogens with zero attached hydrogens (tertiary/aromatic N) is 3. The van der Waals surface area contributed by atoms with E-state index < -0.39 is 0 Å². The molecule has 0 saturated heterocycles. The number of rotatable bonds is 8. The summed E-state index contributed by atoms with van der Waals surface area (Å²) in [5.74, 6) is -0.141. The highest BCUT2D eigenvalue weighted by Crippen LogP contribution is 2.20. The van der Waals surface area contributed by atoms with Crippen LogP contribution in [0.3, 0.4) is 0 Å². The Morgan fingerprint density at radius 1 is 1.29 bits per heavy atom. The molecule has 0 fully saturated rings. The molecule has 2 rings (SSSR count). The third-order valence-electron chi connectivity index (χ3n) is 3.63. The smallest absolute Gasteiger partial charge is 0.270 e. The molecule has 7 heteroatoms. The van der Waals surface area contributed by atoms with Gasteiger partial charge in [-0.2, -0.15) is 0 Å². The summed E-state index contributed by atoms with van der Waals surface area (Å²) in [5, 5.41) is 8.52. The average molecular weight is 347 g/mol. The van der Waals surface area contributed by atoms with E-state index in [1.54, 1.807) is 17.8 Å². The molecule has 24 heavy (non-hydrogen) atoms. The maximum atomic E-state index is 12.2. The molecule has 2 aromatic rings. The van der Waals surface area contributed by atoms with E-state index >= 15 is 0 Å². The summed E-state index contributed by atoms with van der Waals surface area (Å²) < 4.78 is 0. The highest BCUT2D eigenvalue weighted by molar-refractivity contribution is 7.14. The normalized spacial score (nSPS) is 11.3. The number of nitrogens with one attached hydrogen (secondary N) is 2.